The van der Waals surface area contributed by atoms with Gasteiger partial charge in [0.25, 0.3) is 11.5 Å². The molecule has 2 N–H and O–H groups in total. The van der Waals surface area contributed by atoms with E-state index in [4.69, 9.17) is 16.3 Å². The zero-order chi connectivity index (χ0) is 36.6. The molecular weight excluding hydrogens is 711 g/mol. The van der Waals surface area contributed by atoms with Crippen LogP contribution in [0.1, 0.15) is 65.0 Å². The fourth-order valence-corrected chi connectivity index (χ4v) is 7.66. The third-order valence-corrected chi connectivity index (χ3v) is 10.4. The van der Waals surface area contributed by atoms with E-state index >= 15 is 0 Å². The number of hydrogen-bond acceptors (Lipinski definition) is 11. The van der Waals surface area contributed by atoms with Gasteiger partial charge in [0, 0.05) is 37.2 Å². The molecule has 52 heavy (non-hydrogen) atoms. The van der Waals surface area contributed by atoms with E-state index in [-0.39, 0.29) is 89.8 Å². The molecule has 6 heterocycles. The van der Waals surface area contributed by atoms with Crippen molar-refractivity contribution in [3.05, 3.63) is 74.4 Å². The number of alkyl halides is 3. The van der Waals surface area contributed by atoms with Crippen LogP contribution in [0.5, 0.6) is 5.75 Å². The fourth-order valence-electron chi connectivity index (χ4n) is 7.43. The number of carbonyl (C=O) groups excluding carboxylic acids is 3. The first-order valence-corrected chi connectivity index (χ1v) is 16.9. The Hall–Kier alpha value is -5.52. The Balaban J connectivity index is 1.19. The van der Waals surface area contributed by atoms with Crippen LogP contribution in [-0.2, 0) is 26.9 Å². The zero-order valence-corrected chi connectivity index (χ0v) is 28.1. The molecule has 2 amide bonds. The predicted molar refractivity (Wildman–Crippen MR) is 177 cm³/mol. The van der Waals surface area contributed by atoms with Crippen LogP contribution in [0, 0.1) is 6.92 Å². The summed E-state index contributed by atoms with van der Waals surface area (Å²) in [5, 5.41) is 17.3. The normalized spacial score (nSPS) is 21.3. The molecule has 0 bridgehead atoms. The van der Waals surface area contributed by atoms with Crippen molar-refractivity contribution in [1.82, 2.24) is 34.0 Å². The number of aromatic nitrogens is 6. The second kappa shape index (κ2) is 12.3. The van der Waals surface area contributed by atoms with Crippen molar-refractivity contribution >= 4 is 52.1 Å². The number of aromatic hydroxyl groups is 1. The van der Waals surface area contributed by atoms with E-state index in [2.05, 4.69) is 25.4 Å². The summed E-state index contributed by atoms with van der Waals surface area (Å²) >= 11 is 6.17. The summed E-state index contributed by atoms with van der Waals surface area (Å²) in [7, 11) is 0. The van der Waals surface area contributed by atoms with Crippen LogP contribution >= 0.6 is 11.6 Å². The maximum absolute atomic E-state index is 14.4. The van der Waals surface area contributed by atoms with Crippen molar-refractivity contribution in [1.29, 1.82) is 0 Å². The monoisotopic (exact) mass is 739 g/mol. The lowest BCUT2D eigenvalue weighted by molar-refractivity contribution is -0.138. The third kappa shape index (κ3) is 5.43. The number of cyclic esters (lactones) is 1. The second-order valence-corrected chi connectivity index (χ2v) is 13.4. The van der Waals surface area contributed by atoms with Gasteiger partial charge in [-0.2, -0.15) is 22.7 Å². The highest BCUT2D eigenvalue weighted by Gasteiger charge is 2.48. The van der Waals surface area contributed by atoms with Gasteiger partial charge >= 0.3 is 12.1 Å². The van der Waals surface area contributed by atoms with E-state index < -0.39 is 41.1 Å². The van der Waals surface area contributed by atoms with Gasteiger partial charge in [-0.05, 0) is 50.8 Å². The average molecular weight is 740 g/mol. The number of halogens is 4. The Morgan fingerprint density at radius 3 is 2.58 bits per heavy atom. The number of benzene rings is 1. The van der Waals surface area contributed by atoms with Crippen LogP contribution < -0.4 is 15.8 Å². The molecule has 270 valence electrons. The lowest BCUT2D eigenvalue weighted by Gasteiger charge is -2.54. The number of anilines is 2. The number of hydrogen-bond donors (Lipinski definition) is 2. The number of esters is 1. The Kier molecular flexibility index (Phi) is 7.96. The predicted octanol–water partition coefficient (Wildman–Crippen LogP) is 3.32. The maximum Gasteiger partial charge on any atom is 0.416 e. The SMILES string of the molecule is Cc1ncnc(C(=O)N2CCN(c3c4n(c5nc(C6=CC(=O)OCC6)nn5c3=O)[C@@H](C(=O)Nc3ccc(C(F)(F)F)cc3Cl)CC4)[C@H]3CC[C@@H]32)c1O. The van der Waals surface area contributed by atoms with E-state index in [0.717, 1.165) is 22.7 Å². The molecule has 4 aromatic rings. The topological polar surface area (TPSA) is 177 Å². The summed E-state index contributed by atoms with van der Waals surface area (Å²) < 4.78 is 47.5. The molecule has 3 aromatic heterocycles. The van der Waals surface area contributed by atoms with Crippen LogP contribution in [0.3, 0.4) is 0 Å². The number of piperazine rings is 1. The minimum atomic E-state index is -4.63. The number of amides is 2. The molecule has 2 fully saturated rings. The highest BCUT2D eigenvalue weighted by molar-refractivity contribution is 6.33. The molecule has 0 spiro atoms. The van der Waals surface area contributed by atoms with Gasteiger partial charge in [0.15, 0.2) is 17.3 Å². The summed E-state index contributed by atoms with van der Waals surface area (Å²) in [5.74, 6) is -1.77. The molecule has 0 radical (unpaired) electrons. The zero-order valence-electron chi connectivity index (χ0n) is 27.4. The van der Waals surface area contributed by atoms with Crippen molar-refractivity contribution in [2.24, 2.45) is 0 Å². The first-order valence-electron chi connectivity index (χ1n) is 16.5. The summed E-state index contributed by atoms with van der Waals surface area (Å²) in [6.45, 7) is 2.10. The summed E-state index contributed by atoms with van der Waals surface area (Å²) in [5.41, 5.74) is -0.101. The molecule has 1 saturated carbocycles. The summed E-state index contributed by atoms with van der Waals surface area (Å²) in [6.07, 6.45) is -0.101. The number of nitrogens with zero attached hydrogens (tertiary/aromatic N) is 8. The van der Waals surface area contributed by atoms with Gasteiger partial charge < -0.3 is 25.0 Å². The molecule has 0 unspecified atom stereocenters. The Morgan fingerprint density at radius 2 is 1.87 bits per heavy atom. The molecule has 4 aliphatic rings. The van der Waals surface area contributed by atoms with Crippen molar-refractivity contribution < 1.29 is 37.4 Å². The molecule has 1 saturated heterocycles. The Bertz CT molecular complexity index is 2290. The van der Waals surface area contributed by atoms with E-state index in [1.165, 1.54) is 12.4 Å². The molecular formula is C33H29ClF3N9O6. The number of aryl methyl sites for hydroxylation is 1. The van der Waals surface area contributed by atoms with Gasteiger partial charge in [0.2, 0.25) is 11.7 Å². The van der Waals surface area contributed by atoms with Gasteiger partial charge in [-0.15, -0.1) is 5.10 Å². The molecule has 3 atom stereocenters. The first kappa shape index (κ1) is 33.6. The van der Waals surface area contributed by atoms with Gasteiger partial charge in [-0.3, -0.25) is 19.0 Å². The van der Waals surface area contributed by atoms with E-state index in [1.54, 1.807) is 16.4 Å². The molecule has 8 rings (SSSR count). The first-order chi connectivity index (χ1) is 24.8. The summed E-state index contributed by atoms with van der Waals surface area (Å²) in [4.78, 5) is 70.1. The maximum atomic E-state index is 14.4. The third-order valence-electron chi connectivity index (χ3n) is 10.1. The largest absolute Gasteiger partial charge is 0.504 e. The van der Waals surface area contributed by atoms with Gasteiger partial charge in [-0.25, -0.2) is 14.8 Å². The van der Waals surface area contributed by atoms with Crippen LogP contribution in [0.4, 0.5) is 24.5 Å². The van der Waals surface area contributed by atoms with E-state index in [0.29, 0.717) is 30.5 Å². The second-order valence-electron chi connectivity index (χ2n) is 13.0. The van der Waals surface area contributed by atoms with Gasteiger partial charge in [-0.1, -0.05) is 11.6 Å². The molecule has 3 aliphatic heterocycles. The van der Waals surface area contributed by atoms with Crippen molar-refractivity contribution in [3.63, 3.8) is 0 Å². The van der Waals surface area contributed by atoms with Crippen molar-refractivity contribution in [2.75, 3.05) is 29.9 Å². The van der Waals surface area contributed by atoms with Crippen LogP contribution in [0.15, 0.2) is 35.4 Å². The van der Waals surface area contributed by atoms with E-state index in [9.17, 15) is 37.5 Å². The number of ether oxygens (including phenoxy) is 1. The van der Waals surface area contributed by atoms with Gasteiger partial charge in [0.05, 0.1) is 40.3 Å². The van der Waals surface area contributed by atoms with E-state index in [1.807, 2.05) is 4.90 Å². The Morgan fingerprint density at radius 1 is 1.08 bits per heavy atom. The van der Waals surface area contributed by atoms with Gasteiger partial charge in [0.1, 0.15) is 18.1 Å². The standard InChI is InChI=1S/C33H29ClF3N9O6/c1-15-27(48)25(39-14-38-15)30(50)44-10-9-43(20-4-5-21(20)44)26-22-6-7-23(29(49)40-19-3-2-17(13-18(19)34)33(35,36)37)45(22)32-41-28(42-46(32)31(26)51)16-8-11-52-24(47)12-16/h2-3,12-14,20-21,23,48H,4-11H2,1H3,(H,40,49)/t20-,21-,23+/m0/s1. The molecule has 19 heteroatoms. The molecule has 1 aliphatic carbocycles. The average Bonchev–Trinajstić information content (AvgIpc) is 3.73. The smallest absolute Gasteiger partial charge is 0.416 e. The Labute approximate surface area is 296 Å². The lowest BCUT2D eigenvalue weighted by Crippen LogP contribution is -2.67. The van der Waals surface area contributed by atoms with Crippen LogP contribution in [0.2, 0.25) is 5.02 Å². The van der Waals surface area contributed by atoms with Crippen molar-refractivity contribution in [3.8, 4) is 5.75 Å². The summed E-state index contributed by atoms with van der Waals surface area (Å²) in [6, 6.07) is 1.07. The number of carbonyl (C=O) groups is 3. The number of fused-ring (bicyclic) bond motifs is 4. The molecule has 15 nitrogen and oxygen atoms in total. The number of nitrogens with one attached hydrogen (secondary N) is 1. The number of rotatable bonds is 5. The fraction of sp³-hybridized carbons (Fsp3) is 0.394. The minimum Gasteiger partial charge on any atom is -0.504 e. The van der Waals surface area contributed by atoms with Crippen molar-refractivity contribution in [2.45, 2.75) is 63.3 Å². The highest BCUT2D eigenvalue weighted by Crippen LogP contribution is 2.41. The highest BCUT2D eigenvalue weighted by atomic mass is 35.5. The van der Waals surface area contributed by atoms with Crippen LogP contribution in [-0.4, -0.2) is 88.7 Å². The quantitative estimate of drug-likeness (QED) is 0.287. The van der Waals surface area contributed by atoms with Crippen LogP contribution in [0.25, 0.3) is 11.4 Å². The minimum absolute atomic E-state index is 0.0264. The molecule has 1 aromatic carbocycles. The lowest BCUT2D eigenvalue weighted by atomic mass is 9.81.